The summed E-state index contributed by atoms with van der Waals surface area (Å²) >= 11 is 0. The molecule has 2 amide bonds. The van der Waals surface area contributed by atoms with Crippen molar-refractivity contribution in [1.29, 1.82) is 0 Å². The van der Waals surface area contributed by atoms with E-state index in [4.69, 9.17) is 0 Å². The van der Waals surface area contributed by atoms with E-state index in [1.807, 2.05) is 45.2 Å². The van der Waals surface area contributed by atoms with E-state index in [1.165, 1.54) is 11.8 Å². The maximum Gasteiger partial charge on any atom is 0.322 e. The van der Waals surface area contributed by atoms with Gasteiger partial charge in [-0.2, -0.15) is 0 Å². The van der Waals surface area contributed by atoms with Gasteiger partial charge < -0.3 is 14.8 Å². The van der Waals surface area contributed by atoms with Gasteiger partial charge in [0.05, 0.1) is 0 Å². The number of carbonyl (C=O) groups is 1. The molecule has 0 atom stereocenters. The average molecular weight is 351 g/mol. The second-order valence-corrected chi connectivity index (χ2v) is 7.01. The summed E-state index contributed by atoms with van der Waals surface area (Å²) in [5.41, 5.74) is 6.19. The number of anilines is 1. The lowest BCUT2D eigenvalue weighted by molar-refractivity contribution is 0.206. The fourth-order valence-corrected chi connectivity index (χ4v) is 3.92. The summed E-state index contributed by atoms with van der Waals surface area (Å²) in [5, 5.41) is 3.95. The molecule has 26 heavy (non-hydrogen) atoms. The minimum Gasteiger partial charge on any atom is -0.347 e. The first-order valence-corrected chi connectivity index (χ1v) is 8.83. The van der Waals surface area contributed by atoms with Crippen molar-refractivity contribution in [2.75, 3.05) is 11.9 Å². The van der Waals surface area contributed by atoms with Crippen LogP contribution in [-0.2, 0) is 20.0 Å². The first kappa shape index (κ1) is 16.6. The Hall–Kier alpha value is -2.82. The van der Waals surface area contributed by atoms with Crippen LogP contribution in [0.5, 0.6) is 0 Å². The Labute approximate surface area is 152 Å². The van der Waals surface area contributed by atoms with Gasteiger partial charge in [-0.25, -0.2) is 9.18 Å². The molecule has 0 aliphatic carbocycles. The number of aryl methyl sites for hydroxylation is 3. The SMILES string of the molecule is Cc1cccc(C)c1NC(=O)N1CCc2c(c3cc(F)ccc3n2C)C1. The van der Waals surface area contributed by atoms with E-state index >= 15 is 0 Å². The lowest BCUT2D eigenvalue weighted by Crippen LogP contribution is -2.39. The molecule has 0 bridgehead atoms. The fraction of sp³-hybridized carbons (Fsp3) is 0.286. The van der Waals surface area contributed by atoms with Crippen LogP contribution < -0.4 is 5.32 Å². The number of carbonyl (C=O) groups excluding carboxylic acids is 1. The Morgan fingerprint density at radius 1 is 1.15 bits per heavy atom. The maximum absolute atomic E-state index is 13.7. The van der Waals surface area contributed by atoms with Crippen LogP contribution in [0.2, 0.25) is 0 Å². The van der Waals surface area contributed by atoms with Crippen molar-refractivity contribution >= 4 is 22.6 Å². The Morgan fingerprint density at radius 3 is 2.62 bits per heavy atom. The van der Waals surface area contributed by atoms with E-state index in [9.17, 15) is 9.18 Å². The first-order chi connectivity index (χ1) is 12.5. The standard InChI is InChI=1S/C21H22FN3O/c1-13-5-4-6-14(2)20(13)23-21(26)25-10-9-19-17(12-25)16-11-15(22)7-8-18(16)24(19)3/h4-8,11H,9-10,12H2,1-3H3,(H,23,26). The van der Waals surface area contributed by atoms with Gasteiger partial charge >= 0.3 is 6.03 Å². The molecular weight excluding hydrogens is 329 g/mol. The monoisotopic (exact) mass is 351 g/mol. The van der Waals surface area contributed by atoms with Crippen molar-refractivity contribution in [3.63, 3.8) is 0 Å². The number of rotatable bonds is 1. The lowest BCUT2D eigenvalue weighted by Gasteiger charge is -2.28. The highest BCUT2D eigenvalue weighted by Gasteiger charge is 2.26. The second-order valence-electron chi connectivity index (χ2n) is 7.01. The molecule has 1 N–H and O–H groups in total. The number of amides is 2. The molecule has 5 heteroatoms. The summed E-state index contributed by atoms with van der Waals surface area (Å²) in [4.78, 5) is 14.6. The van der Waals surface area contributed by atoms with Crippen molar-refractivity contribution in [2.45, 2.75) is 26.8 Å². The Bertz CT molecular complexity index is 1000. The molecule has 1 aliphatic heterocycles. The summed E-state index contributed by atoms with van der Waals surface area (Å²) in [7, 11) is 2.01. The van der Waals surface area contributed by atoms with Crippen molar-refractivity contribution in [1.82, 2.24) is 9.47 Å². The van der Waals surface area contributed by atoms with Gasteiger partial charge in [-0.1, -0.05) is 18.2 Å². The Kier molecular flexibility index (Phi) is 3.94. The molecule has 0 spiro atoms. The molecule has 2 heterocycles. The maximum atomic E-state index is 13.7. The third-order valence-corrected chi connectivity index (χ3v) is 5.37. The van der Waals surface area contributed by atoms with Crippen LogP contribution in [0.3, 0.4) is 0 Å². The molecule has 2 aromatic carbocycles. The van der Waals surface area contributed by atoms with Gasteiger partial charge in [0.1, 0.15) is 5.82 Å². The summed E-state index contributed by atoms with van der Waals surface area (Å²) in [5.74, 6) is -0.247. The fourth-order valence-electron chi connectivity index (χ4n) is 3.92. The quantitative estimate of drug-likeness (QED) is 0.687. The molecule has 0 radical (unpaired) electrons. The van der Waals surface area contributed by atoms with Gasteiger partial charge in [0.25, 0.3) is 0 Å². The van der Waals surface area contributed by atoms with E-state index < -0.39 is 0 Å². The smallest absolute Gasteiger partial charge is 0.322 e. The number of nitrogens with one attached hydrogen (secondary N) is 1. The van der Waals surface area contributed by atoms with Crippen molar-refractivity contribution in [2.24, 2.45) is 7.05 Å². The highest BCUT2D eigenvalue weighted by Crippen LogP contribution is 2.31. The topological polar surface area (TPSA) is 37.3 Å². The highest BCUT2D eigenvalue weighted by molar-refractivity contribution is 5.92. The van der Waals surface area contributed by atoms with Crippen LogP contribution in [0, 0.1) is 19.7 Å². The van der Waals surface area contributed by atoms with Gasteiger partial charge in [0, 0.05) is 54.4 Å². The molecule has 0 saturated heterocycles. The number of fused-ring (bicyclic) bond motifs is 3. The molecule has 1 aromatic heterocycles. The molecule has 0 saturated carbocycles. The minimum absolute atomic E-state index is 0.110. The largest absolute Gasteiger partial charge is 0.347 e. The van der Waals surface area contributed by atoms with E-state index in [0.29, 0.717) is 13.1 Å². The van der Waals surface area contributed by atoms with Crippen LogP contribution in [0.15, 0.2) is 36.4 Å². The molecule has 134 valence electrons. The van der Waals surface area contributed by atoms with Crippen molar-refractivity contribution < 1.29 is 9.18 Å². The summed E-state index contributed by atoms with van der Waals surface area (Å²) in [6.45, 7) is 5.12. The third kappa shape index (κ3) is 2.64. The molecule has 1 aliphatic rings. The van der Waals surface area contributed by atoms with Gasteiger partial charge in [-0.3, -0.25) is 0 Å². The third-order valence-electron chi connectivity index (χ3n) is 5.37. The second kappa shape index (κ2) is 6.16. The summed E-state index contributed by atoms with van der Waals surface area (Å²) in [6, 6.07) is 10.7. The zero-order valence-corrected chi connectivity index (χ0v) is 15.3. The molecular formula is C21H22FN3O. The predicted molar refractivity (Wildman–Crippen MR) is 102 cm³/mol. The Balaban J connectivity index is 1.64. The number of nitrogens with zero attached hydrogens (tertiary/aromatic N) is 2. The number of benzene rings is 2. The molecule has 3 aromatic rings. The van der Waals surface area contributed by atoms with Crippen molar-refractivity contribution in [3.05, 3.63) is 64.6 Å². The van der Waals surface area contributed by atoms with Crippen LogP contribution in [-0.4, -0.2) is 22.0 Å². The predicted octanol–water partition coefficient (Wildman–Crippen LogP) is 4.52. The van der Waals surface area contributed by atoms with Gasteiger partial charge in [0.15, 0.2) is 0 Å². The first-order valence-electron chi connectivity index (χ1n) is 8.83. The number of hydrogen-bond donors (Lipinski definition) is 1. The van der Waals surface area contributed by atoms with E-state index in [2.05, 4.69) is 9.88 Å². The van der Waals surface area contributed by atoms with E-state index in [0.717, 1.165) is 39.7 Å². The summed E-state index contributed by atoms with van der Waals surface area (Å²) in [6.07, 6.45) is 0.766. The highest BCUT2D eigenvalue weighted by atomic mass is 19.1. The molecule has 4 nitrogen and oxygen atoms in total. The van der Waals surface area contributed by atoms with E-state index in [1.54, 1.807) is 11.0 Å². The minimum atomic E-state index is -0.247. The number of aromatic nitrogens is 1. The van der Waals surface area contributed by atoms with Gasteiger partial charge in [-0.05, 0) is 43.2 Å². The number of hydrogen-bond acceptors (Lipinski definition) is 1. The number of urea groups is 1. The Morgan fingerprint density at radius 2 is 1.88 bits per heavy atom. The van der Waals surface area contributed by atoms with Crippen LogP contribution in [0.4, 0.5) is 14.9 Å². The number of para-hydroxylation sites is 1. The molecule has 0 unspecified atom stereocenters. The van der Waals surface area contributed by atoms with Crippen LogP contribution >= 0.6 is 0 Å². The van der Waals surface area contributed by atoms with Crippen molar-refractivity contribution in [3.8, 4) is 0 Å². The van der Waals surface area contributed by atoms with Gasteiger partial charge in [-0.15, -0.1) is 0 Å². The zero-order valence-electron chi connectivity index (χ0n) is 15.3. The zero-order chi connectivity index (χ0) is 18.4. The average Bonchev–Trinajstić information content (AvgIpc) is 2.90. The number of halogens is 1. The lowest BCUT2D eigenvalue weighted by atomic mass is 10.0. The van der Waals surface area contributed by atoms with Gasteiger partial charge in [0.2, 0.25) is 0 Å². The van der Waals surface area contributed by atoms with Crippen LogP contribution in [0.25, 0.3) is 10.9 Å². The normalized spacial score (nSPS) is 13.8. The van der Waals surface area contributed by atoms with Crippen LogP contribution in [0.1, 0.15) is 22.4 Å². The van der Waals surface area contributed by atoms with E-state index in [-0.39, 0.29) is 11.8 Å². The molecule has 0 fully saturated rings. The molecule has 4 rings (SSSR count). The summed E-state index contributed by atoms with van der Waals surface area (Å²) < 4.78 is 15.9.